The molecule has 2 heterocycles. The summed E-state index contributed by atoms with van der Waals surface area (Å²) in [5.74, 6) is -0.272. The van der Waals surface area contributed by atoms with Gasteiger partial charge < -0.3 is 14.8 Å². The van der Waals surface area contributed by atoms with Crippen LogP contribution in [0.3, 0.4) is 0 Å². The van der Waals surface area contributed by atoms with Gasteiger partial charge in [0.1, 0.15) is 5.82 Å². The molecule has 1 unspecified atom stereocenters. The van der Waals surface area contributed by atoms with Crippen LogP contribution in [0.25, 0.3) is 10.9 Å². The standard InChI is InChI=1S/C25H30FN3O/c1-17-4-9-23-22(14-17)21-10-12-28(3)13-11-24(21)29(23)16-19(15-25(30)27-2)18-5-7-20(26)8-6-18/h4-9,14,19H,10-13,15-16H2,1-3H3,(H,27,30). The van der Waals surface area contributed by atoms with Crippen molar-refractivity contribution in [2.45, 2.75) is 38.6 Å². The minimum Gasteiger partial charge on any atom is -0.359 e. The number of benzene rings is 2. The molecule has 0 saturated carbocycles. The molecule has 3 aromatic rings. The van der Waals surface area contributed by atoms with E-state index in [-0.39, 0.29) is 17.6 Å². The topological polar surface area (TPSA) is 37.3 Å². The second-order valence-corrected chi connectivity index (χ2v) is 8.49. The third-order valence-electron chi connectivity index (χ3n) is 6.37. The number of fused-ring (bicyclic) bond motifs is 3. The summed E-state index contributed by atoms with van der Waals surface area (Å²) in [4.78, 5) is 14.7. The molecule has 0 saturated heterocycles. The number of carbonyl (C=O) groups excluding carboxylic acids is 1. The van der Waals surface area contributed by atoms with Gasteiger partial charge in [-0.1, -0.05) is 23.8 Å². The first-order valence-electron chi connectivity index (χ1n) is 10.7. The average Bonchev–Trinajstić information content (AvgIpc) is 2.87. The predicted molar refractivity (Wildman–Crippen MR) is 119 cm³/mol. The van der Waals surface area contributed by atoms with Gasteiger partial charge in [-0.05, 0) is 55.8 Å². The van der Waals surface area contributed by atoms with Crippen molar-refractivity contribution >= 4 is 16.8 Å². The first-order valence-corrected chi connectivity index (χ1v) is 10.7. The highest BCUT2D eigenvalue weighted by atomic mass is 19.1. The average molecular weight is 408 g/mol. The Morgan fingerprint density at radius 1 is 1.13 bits per heavy atom. The van der Waals surface area contributed by atoms with Gasteiger partial charge in [0.2, 0.25) is 5.91 Å². The highest BCUT2D eigenvalue weighted by Gasteiger charge is 2.24. The van der Waals surface area contributed by atoms with Gasteiger partial charge in [0.15, 0.2) is 0 Å². The van der Waals surface area contributed by atoms with Crippen molar-refractivity contribution < 1.29 is 9.18 Å². The van der Waals surface area contributed by atoms with Crippen molar-refractivity contribution in [3.63, 3.8) is 0 Å². The first kappa shape index (κ1) is 20.6. The highest BCUT2D eigenvalue weighted by molar-refractivity contribution is 5.86. The van der Waals surface area contributed by atoms with E-state index in [0.29, 0.717) is 13.0 Å². The second-order valence-electron chi connectivity index (χ2n) is 8.49. The van der Waals surface area contributed by atoms with Gasteiger partial charge in [-0.15, -0.1) is 0 Å². The van der Waals surface area contributed by atoms with Gasteiger partial charge in [-0.2, -0.15) is 0 Å². The number of amides is 1. The zero-order valence-corrected chi connectivity index (χ0v) is 18.0. The van der Waals surface area contributed by atoms with E-state index in [2.05, 4.69) is 47.0 Å². The summed E-state index contributed by atoms with van der Waals surface area (Å²) < 4.78 is 15.9. The number of aromatic nitrogens is 1. The van der Waals surface area contributed by atoms with E-state index < -0.39 is 0 Å². The molecule has 0 aliphatic carbocycles. The van der Waals surface area contributed by atoms with Gasteiger partial charge >= 0.3 is 0 Å². The zero-order valence-electron chi connectivity index (χ0n) is 18.0. The normalized spacial score (nSPS) is 15.6. The van der Waals surface area contributed by atoms with E-state index in [4.69, 9.17) is 0 Å². The van der Waals surface area contributed by atoms with Crippen molar-refractivity contribution in [1.29, 1.82) is 0 Å². The molecule has 4 rings (SSSR count). The molecule has 158 valence electrons. The minimum absolute atomic E-state index is 0.00227. The molecule has 2 aromatic carbocycles. The van der Waals surface area contributed by atoms with Gasteiger partial charge in [0.05, 0.1) is 0 Å². The molecule has 1 amide bonds. The summed E-state index contributed by atoms with van der Waals surface area (Å²) in [6.45, 7) is 4.93. The molecule has 0 bridgehead atoms. The van der Waals surface area contributed by atoms with E-state index in [9.17, 15) is 9.18 Å². The monoisotopic (exact) mass is 407 g/mol. The lowest BCUT2D eigenvalue weighted by Gasteiger charge is -2.21. The van der Waals surface area contributed by atoms with Gasteiger partial charge in [-0.3, -0.25) is 4.79 Å². The first-order chi connectivity index (χ1) is 14.5. The summed E-state index contributed by atoms with van der Waals surface area (Å²) in [7, 11) is 3.84. The van der Waals surface area contributed by atoms with E-state index >= 15 is 0 Å². The van der Waals surface area contributed by atoms with Crippen molar-refractivity contribution in [3.05, 3.63) is 70.7 Å². The fourth-order valence-corrected chi connectivity index (χ4v) is 4.64. The molecular weight excluding hydrogens is 377 g/mol. The summed E-state index contributed by atoms with van der Waals surface area (Å²) in [5, 5.41) is 4.08. The highest BCUT2D eigenvalue weighted by Crippen LogP contribution is 2.33. The number of nitrogens with zero attached hydrogens (tertiary/aromatic N) is 2. The predicted octanol–water partition coefficient (Wildman–Crippen LogP) is 4.04. The zero-order chi connectivity index (χ0) is 21.3. The maximum Gasteiger partial charge on any atom is 0.220 e. The van der Waals surface area contributed by atoms with Crippen molar-refractivity contribution in [3.8, 4) is 0 Å². The Morgan fingerprint density at radius 3 is 2.60 bits per heavy atom. The Balaban J connectivity index is 1.80. The minimum atomic E-state index is -0.253. The third-order valence-corrected chi connectivity index (χ3v) is 6.37. The summed E-state index contributed by atoms with van der Waals surface area (Å²) in [5.41, 5.74) is 6.31. The van der Waals surface area contributed by atoms with Crippen molar-refractivity contribution in [1.82, 2.24) is 14.8 Å². The number of carbonyl (C=O) groups is 1. The maximum atomic E-state index is 13.5. The Morgan fingerprint density at radius 2 is 1.87 bits per heavy atom. The molecule has 0 radical (unpaired) electrons. The Labute approximate surface area is 177 Å². The van der Waals surface area contributed by atoms with E-state index in [0.717, 1.165) is 31.5 Å². The quantitative estimate of drug-likeness (QED) is 0.693. The van der Waals surface area contributed by atoms with Crippen LogP contribution in [0.15, 0.2) is 42.5 Å². The lowest BCUT2D eigenvalue weighted by molar-refractivity contribution is -0.121. The number of nitrogens with one attached hydrogen (secondary N) is 1. The summed E-state index contributed by atoms with van der Waals surface area (Å²) in [6, 6.07) is 13.3. The number of hydrogen-bond acceptors (Lipinski definition) is 2. The molecule has 1 aliphatic rings. The van der Waals surface area contributed by atoms with Crippen LogP contribution in [0.4, 0.5) is 4.39 Å². The molecule has 4 nitrogen and oxygen atoms in total. The maximum absolute atomic E-state index is 13.5. The molecule has 30 heavy (non-hydrogen) atoms. The SMILES string of the molecule is CNC(=O)CC(Cn1c2c(c3cc(C)ccc31)CCN(C)CC2)c1ccc(F)cc1. The lowest BCUT2D eigenvalue weighted by atomic mass is 9.94. The number of likely N-dealkylation sites (N-methyl/N-ethyl adjacent to an activating group) is 1. The molecular formula is C25H30FN3O. The Kier molecular flexibility index (Phi) is 5.91. The van der Waals surface area contributed by atoms with Gasteiger partial charge in [0.25, 0.3) is 0 Å². The van der Waals surface area contributed by atoms with Gasteiger partial charge in [0, 0.05) is 62.0 Å². The molecule has 0 fully saturated rings. The second kappa shape index (κ2) is 8.60. The molecule has 1 N–H and O–H groups in total. The molecule has 1 aliphatic heterocycles. The van der Waals surface area contributed by atoms with Crippen LogP contribution < -0.4 is 5.32 Å². The Bertz CT molecular complexity index is 1050. The van der Waals surface area contributed by atoms with E-state index in [1.165, 1.54) is 39.9 Å². The fraction of sp³-hybridized carbons (Fsp3) is 0.400. The van der Waals surface area contributed by atoms with Crippen molar-refractivity contribution in [2.75, 3.05) is 27.2 Å². The van der Waals surface area contributed by atoms with Crippen LogP contribution in [0.5, 0.6) is 0 Å². The van der Waals surface area contributed by atoms with Crippen molar-refractivity contribution in [2.24, 2.45) is 0 Å². The van der Waals surface area contributed by atoms with Crippen LogP contribution >= 0.6 is 0 Å². The van der Waals surface area contributed by atoms with Gasteiger partial charge in [-0.25, -0.2) is 4.39 Å². The molecule has 5 heteroatoms. The molecule has 1 atom stereocenters. The number of aryl methyl sites for hydroxylation is 1. The summed E-state index contributed by atoms with van der Waals surface area (Å²) >= 11 is 0. The third kappa shape index (κ3) is 4.12. The number of halogens is 1. The van der Waals surface area contributed by atoms with Crippen LogP contribution in [0, 0.1) is 12.7 Å². The molecule has 0 spiro atoms. The van der Waals surface area contributed by atoms with E-state index in [1.54, 1.807) is 7.05 Å². The smallest absolute Gasteiger partial charge is 0.220 e. The number of hydrogen-bond donors (Lipinski definition) is 1. The lowest BCUT2D eigenvalue weighted by Crippen LogP contribution is -2.24. The molecule has 1 aromatic heterocycles. The van der Waals surface area contributed by atoms with Crippen LogP contribution in [0.2, 0.25) is 0 Å². The van der Waals surface area contributed by atoms with Crippen LogP contribution in [-0.4, -0.2) is 42.6 Å². The largest absolute Gasteiger partial charge is 0.359 e. The Hall–Kier alpha value is -2.66. The fourth-order valence-electron chi connectivity index (χ4n) is 4.64. The van der Waals surface area contributed by atoms with Crippen LogP contribution in [0.1, 0.15) is 34.7 Å². The number of rotatable bonds is 5. The van der Waals surface area contributed by atoms with E-state index in [1.807, 2.05) is 12.1 Å². The summed E-state index contributed by atoms with van der Waals surface area (Å²) in [6.07, 6.45) is 2.41. The van der Waals surface area contributed by atoms with Crippen LogP contribution in [-0.2, 0) is 24.2 Å².